The fourth-order valence-electron chi connectivity index (χ4n) is 1.65. The van der Waals surface area contributed by atoms with Crippen LogP contribution < -0.4 is 10.1 Å². The third-order valence-corrected chi connectivity index (χ3v) is 3.12. The highest BCUT2D eigenvalue weighted by Gasteiger charge is 2.08. The second kappa shape index (κ2) is 7.22. The van der Waals surface area contributed by atoms with Gasteiger partial charge in [0.1, 0.15) is 12.4 Å². The number of amides is 1. The first-order valence-electron chi connectivity index (χ1n) is 6.06. The van der Waals surface area contributed by atoms with E-state index in [1.54, 1.807) is 18.2 Å². The molecule has 0 radical (unpaired) electrons. The molecule has 5 heteroatoms. The maximum atomic E-state index is 11.4. The van der Waals surface area contributed by atoms with E-state index in [9.17, 15) is 4.79 Å². The van der Waals surface area contributed by atoms with Crippen LogP contribution in [0.3, 0.4) is 0 Å². The van der Waals surface area contributed by atoms with Crippen molar-refractivity contribution in [1.29, 1.82) is 0 Å². The quantitative estimate of drug-likeness (QED) is 0.825. The van der Waals surface area contributed by atoms with E-state index in [1.165, 1.54) is 0 Å². The number of thiol groups is 1. The molecule has 0 unspecified atom stereocenters. The van der Waals surface area contributed by atoms with E-state index in [-0.39, 0.29) is 11.7 Å². The molecule has 0 atom stereocenters. The molecule has 0 aliphatic carbocycles. The van der Waals surface area contributed by atoms with Crippen LogP contribution in [0.2, 0.25) is 5.02 Å². The maximum Gasteiger partial charge on any atom is 0.234 e. The van der Waals surface area contributed by atoms with Crippen LogP contribution in [0.5, 0.6) is 5.75 Å². The zero-order valence-corrected chi connectivity index (χ0v) is 12.3. The van der Waals surface area contributed by atoms with Crippen LogP contribution >= 0.6 is 24.2 Å². The van der Waals surface area contributed by atoms with Gasteiger partial charge in [-0.05, 0) is 23.8 Å². The minimum atomic E-state index is -0.208. The van der Waals surface area contributed by atoms with E-state index in [2.05, 4.69) is 17.9 Å². The molecule has 0 aliphatic rings. The molecule has 0 aromatic heterocycles. The first-order chi connectivity index (χ1) is 9.69. The molecule has 1 N–H and O–H groups in total. The van der Waals surface area contributed by atoms with Gasteiger partial charge in [0.2, 0.25) is 5.91 Å². The number of carbonyl (C=O) groups is 1. The van der Waals surface area contributed by atoms with Crippen molar-refractivity contribution in [3.05, 3.63) is 59.1 Å². The van der Waals surface area contributed by atoms with E-state index in [4.69, 9.17) is 16.3 Å². The van der Waals surface area contributed by atoms with Crippen molar-refractivity contribution < 1.29 is 9.53 Å². The molecule has 104 valence electrons. The van der Waals surface area contributed by atoms with Crippen LogP contribution in [-0.2, 0) is 11.4 Å². The minimum absolute atomic E-state index is 0.102. The van der Waals surface area contributed by atoms with Gasteiger partial charge in [-0.3, -0.25) is 4.79 Å². The summed E-state index contributed by atoms with van der Waals surface area (Å²) in [5, 5.41) is 3.25. The van der Waals surface area contributed by atoms with E-state index in [0.29, 0.717) is 23.1 Å². The highest BCUT2D eigenvalue weighted by molar-refractivity contribution is 7.81. The molecular weight excluding hydrogens is 294 g/mol. The molecule has 1 amide bonds. The average molecular weight is 308 g/mol. The van der Waals surface area contributed by atoms with E-state index >= 15 is 0 Å². The summed E-state index contributed by atoms with van der Waals surface area (Å²) in [6.45, 7) is 0.423. The summed E-state index contributed by atoms with van der Waals surface area (Å²) in [5.74, 6) is 0.471. The van der Waals surface area contributed by atoms with Crippen molar-refractivity contribution in [2.45, 2.75) is 6.61 Å². The molecule has 20 heavy (non-hydrogen) atoms. The Morgan fingerprint density at radius 1 is 1.20 bits per heavy atom. The number of nitrogens with one attached hydrogen (secondary N) is 1. The number of rotatable bonds is 5. The van der Waals surface area contributed by atoms with Crippen LogP contribution in [0.4, 0.5) is 5.69 Å². The van der Waals surface area contributed by atoms with Gasteiger partial charge in [0.15, 0.2) is 0 Å². The van der Waals surface area contributed by atoms with Crippen molar-refractivity contribution in [2.75, 3.05) is 11.1 Å². The number of anilines is 1. The summed E-state index contributed by atoms with van der Waals surface area (Å²) >= 11 is 9.86. The van der Waals surface area contributed by atoms with Gasteiger partial charge in [-0.15, -0.1) is 0 Å². The summed E-state index contributed by atoms with van der Waals surface area (Å²) in [6, 6.07) is 14.9. The van der Waals surface area contributed by atoms with Crippen molar-refractivity contribution in [1.82, 2.24) is 0 Å². The standard InChI is InChI=1S/C15H14ClNO2S/c16-12-6-7-14(13(8-12)17-15(18)10-20)19-9-11-4-2-1-3-5-11/h1-8,20H,9-10H2,(H,17,18). The van der Waals surface area contributed by atoms with Crippen LogP contribution in [0, 0.1) is 0 Å². The van der Waals surface area contributed by atoms with Crippen molar-refractivity contribution >= 4 is 35.8 Å². The Kier molecular flexibility index (Phi) is 5.32. The van der Waals surface area contributed by atoms with E-state index in [1.807, 2.05) is 30.3 Å². The lowest BCUT2D eigenvalue weighted by molar-refractivity contribution is -0.113. The highest BCUT2D eigenvalue weighted by Crippen LogP contribution is 2.28. The number of ether oxygens (including phenoxy) is 1. The predicted octanol–water partition coefficient (Wildman–Crippen LogP) is 3.79. The number of hydrogen-bond donors (Lipinski definition) is 2. The van der Waals surface area contributed by atoms with Gasteiger partial charge < -0.3 is 10.1 Å². The monoisotopic (exact) mass is 307 g/mol. The molecule has 0 bridgehead atoms. The SMILES string of the molecule is O=C(CS)Nc1cc(Cl)ccc1OCc1ccccc1. The van der Waals surface area contributed by atoms with Crippen LogP contribution in [0.15, 0.2) is 48.5 Å². The number of halogens is 1. The first-order valence-corrected chi connectivity index (χ1v) is 7.07. The van der Waals surface area contributed by atoms with E-state index in [0.717, 1.165) is 5.56 Å². The summed E-state index contributed by atoms with van der Waals surface area (Å²) in [6.07, 6.45) is 0. The van der Waals surface area contributed by atoms with Crippen LogP contribution in [0.1, 0.15) is 5.56 Å². The van der Waals surface area contributed by atoms with E-state index < -0.39 is 0 Å². The van der Waals surface area contributed by atoms with Gasteiger partial charge >= 0.3 is 0 Å². The lowest BCUT2D eigenvalue weighted by atomic mass is 10.2. The molecule has 2 aromatic rings. The van der Waals surface area contributed by atoms with Gasteiger partial charge in [-0.2, -0.15) is 12.6 Å². The van der Waals surface area contributed by atoms with Crippen molar-refractivity contribution in [3.8, 4) is 5.75 Å². The second-order valence-electron chi connectivity index (χ2n) is 4.12. The highest BCUT2D eigenvalue weighted by atomic mass is 35.5. The summed E-state index contributed by atoms with van der Waals surface area (Å²) in [4.78, 5) is 11.4. The molecule has 0 saturated heterocycles. The normalized spacial score (nSPS) is 10.1. The van der Waals surface area contributed by atoms with Crippen molar-refractivity contribution in [3.63, 3.8) is 0 Å². The largest absolute Gasteiger partial charge is 0.487 e. The van der Waals surface area contributed by atoms with Gasteiger partial charge in [-0.1, -0.05) is 41.9 Å². The fraction of sp³-hybridized carbons (Fsp3) is 0.133. The molecule has 0 heterocycles. The number of benzene rings is 2. The Morgan fingerprint density at radius 3 is 2.65 bits per heavy atom. The lowest BCUT2D eigenvalue weighted by Gasteiger charge is -2.12. The molecular formula is C15H14ClNO2S. The molecule has 3 nitrogen and oxygen atoms in total. The van der Waals surface area contributed by atoms with Gasteiger partial charge in [-0.25, -0.2) is 0 Å². The van der Waals surface area contributed by atoms with Gasteiger partial charge in [0, 0.05) is 5.02 Å². The third kappa shape index (κ3) is 4.18. The Balaban J connectivity index is 2.12. The fourth-order valence-corrected chi connectivity index (χ4v) is 1.90. The molecule has 0 fully saturated rings. The molecule has 2 aromatic carbocycles. The van der Waals surface area contributed by atoms with Crippen molar-refractivity contribution in [2.24, 2.45) is 0 Å². The molecule has 0 aliphatic heterocycles. The molecule has 2 rings (SSSR count). The smallest absolute Gasteiger partial charge is 0.234 e. The minimum Gasteiger partial charge on any atom is -0.487 e. The number of carbonyl (C=O) groups excluding carboxylic acids is 1. The number of hydrogen-bond acceptors (Lipinski definition) is 3. The Bertz CT molecular complexity index is 590. The summed E-state index contributed by atoms with van der Waals surface area (Å²) in [5.41, 5.74) is 1.60. The predicted molar refractivity (Wildman–Crippen MR) is 84.7 cm³/mol. The van der Waals surface area contributed by atoms with Gasteiger partial charge in [0.05, 0.1) is 11.4 Å². The topological polar surface area (TPSA) is 38.3 Å². The Morgan fingerprint density at radius 2 is 1.95 bits per heavy atom. The zero-order valence-electron chi connectivity index (χ0n) is 10.7. The third-order valence-electron chi connectivity index (χ3n) is 2.60. The Labute approximate surface area is 128 Å². The average Bonchev–Trinajstić information content (AvgIpc) is 2.47. The molecule has 0 saturated carbocycles. The van der Waals surface area contributed by atoms with Crippen LogP contribution in [-0.4, -0.2) is 11.7 Å². The maximum absolute atomic E-state index is 11.4. The van der Waals surface area contributed by atoms with Crippen LogP contribution in [0.25, 0.3) is 0 Å². The summed E-state index contributed by atoms with van der Waals surface area (Å²) in [7, 11) is 0. The van der Waals surface area contributed by atoms with Gasteiger partial charge in [0.25, 0.3) is 0 Å². The summed E-state index contributed by atoms with van der Waals surface area (Å²) < 4.78 is 5.73. The second-order valence-corrected chi connectivity index (χ2v) is 4.87. The molecule has 0 spiro atoms. The lowest BCUT2D eigenvalue weighted by Crippen LogP contribution is -2.13. The Hall–Kier alpha value is -1.65. The zero-order chi connectivity index (χ0) is 14.4. The first kappa shape index (κ1) is 14.8.